The van der Waals surface area contributed by atoms with E-state index in [4.69, 9.17) is 16.3 Å². The van der Waals surface area contributed by atoms with Crippen molar-refractivity contribution >= 4 is 23.2 Å². The summed E-state index contributed by atoms with van der Waals surface area (Å²) in [5, 5.41) is 6.56. The van der Waals surface area contributed by atoms with Gasteiger partial charge >= 0.3 is 0 Å². The van der Waals surface area contributed by atoms with E-state index >= 15 is 0 Å². The normalized spacial score (nSPS) is 17.1. The fourth-order valence-corrected chi connectivity index (χ4v) is 1.92. The van der Waals surface area contributed by atoms with E-state index in [9.17, 15) is 4.79 Å². The van der Waals surface area contributed by atoms with Gasteiger partial charge in [-0.3, -0.25) is 4.79 Å². The molecule has 98 valence electrons. The van der Waals surface area contributed by atoms with Gasteiger partial charge in [-0.05, 0) is 31.5 Å². The van der Waals surface area contributed by atoms with Gasteiger partial charge in [-0.1, -0.05) is 17.7 Å². The van der Waals surface area contributed by atoms with E-state index in [1.165, 1.54) is 0 Å². The van der Waals surface area contributed by atoms with Crippen molar-refractivity contribution in [3.63, 3.8) is 0 Å². The van der Waals surface area contributed by atoms with Crippen LogP contribution in [-0.4, -0.2) is 31.2 Å². The minimum atomic E-state index is -0.208. The average Bonchev–Trinajstić information content (AvgIpc) is 2.30. The Balaban J connectivity index is 1.89. The Morgan fingerprint density at radius 3 is 2.89 bits per heavy atom. The minimum absolute atomic E-state index is 0.0597. The molecule has 1 amide bonds. The van der Waals surface area contributed by atoms with Gasteiger partial charge in [0.05, 0.1) is 5.60 Å². The van der Waals surface area contributed by atoms with Gasteiger partial charge in [0.25, 0.3) is 0 Å². The van der Waals surface area contributed by atoms with E-state index < -0.39 is 0 Å². The van der Waals surface area contributed by atoms with Crippen LogP contribution < -0.4 is 10.6 Å². The van der Waals surface area contributed by atoms with Crippen LogP contribution in [-0.2, 0) is 9.53 Å². The second-order valence-corrected chi connectivity index (χ2v) is 5.21. The standard InChI is InChI=1S/C13H17ClN2O2/c1-9-10(14)4-3-5-11(9)16-12(17)6-18-13(2)7-15-8-13/h3-5,15H,6-8H2,1-2H3,(H,16,17). The number of hydrogen-bond donors (Lipinski definition) is 2. The molecule has 0 aromatic heterocycles. The molecule has 1 aliphatic heterocycles. The second-order valence-electron chi connectivity index (χ2n) is 4.80. The highest BCUT2D eigenvalue weighted by atomic mass is 35.5. The number of benzene rings is 1. The predicted octanol–water partition coefficient (Wildman–Crippen LogP) is 1.97. The first-order valence-corrected chi connectivity index (χ1v) is 6.28. The Labute approximate surface area is 112 Å². The van der Waals surface area contributed by atoms with Crippen LogP contribution >= 0.6 is 11.6 Å². The topological polar surface area (TPSA) is 50.4 Å². The largest absolute Gasteiger partial charge is 0.363 e. The van der Waals surface area contributed by atoms with E-state index in [1.54, 1.807) is 6.07 Å². The maximum atomic E-state index is 11.8. The van der Waals surface area contributed by atoms with Crippen molar-refractivity contribution in [3.8, 4) is 0 Å². The van der Waals surface area contributed by atoms with Crippen LogP contribution in [0.15, 0.2) is 18.2 Å². The van der Waals surface area contributed by atoms with Crippen LogP contribution in [0.3, 0.4) is 0 Å². The van der Waals surface area contributed by atoms with Gasteiger partial charge in [0.2, 0.25) is 5.91 Å². The summed E-state index contributed by atoms with van der Waals surface area (Å²) in [4.78, 5) is 11.8. The second kappa shape index (κ2) is 5.26. The first kappa shape index (κ1) is 13.3. The Morgan fingerprint density at radius 2 is 2.28 bits per heavy atom. The lowest BCUT2D eigenvalue weighted by Gasteiger charge is -2.38. The summed E-state index contributed by atoms with van der Waals surface area (Å²) in [5.41, 5.74) is 1.39. The number of ether oxygens (including phenoxy) is 1. The maximum Gasteiger partial charge on any atom is 0.250 e. The van der Waals surface area contributed by atoms with Crippen LogP contribution in [0.4, 0.5) is 5.69 Å². The molecule has 0 bridgehead atoms. The fraction of sp³-hybridized carbons (Fsp3) is 0.462. The molecule has 1 aromatic rings. The molecule has 4 nitrogen and oxygen atoms in total. The first-order chi connectivity index (χ1) is 8.50. The van der Waals surface area contributed by atoms with Crippen LogP contribution in [0, 0.1) is 6.92 Å². The third-order valence-electron chi connectivity index (χ3n) is 3.09. The number of nitrogens with one attached hydrogen (secondary N) is 2. The van der Waals surface area contributed by atoms with Crippen molar-refractivity contribution in [3.05, 3.63) is 28.8 Å². The Hall–Kier alpha value is -1.10. The zero-order valence-electron chi connectivity index (χ0n) is 10.5. The van der Waals surface area contributed by atoms with Gasteiger partial charge in [0, 0.05) is 23.8 Å². The van der Waals surface area contributed by atoms with Crippen molar-refractivity contribution in [2.24, 2.45) is 0 Å². The van der Waals surface area contributed by atoms with E-state index in [2.05, 4.69) is 10.6 Å². The van der Waals surface area contributed by atoms with Crippen molar-refractivity contribution < 1.29 is 9.53 Å². The SMILES string of the molecule is Cc1c(Cl)cccc1NC(=O)COC1(C)CNC1. The molecule has 1 saturated heterocycles. The molecule has 0 spiro atoms. The summed E-state index contributed by atoms with van der Waals surface area (Å²) in [7, 11) is 0. The van der Waals surface area contributed by atoms with Crippen molar-refractivity contribution in [2.75, 3.05) is 25.0 Å². The van der Waals surface area contributed by atoms with Crippen LogP contribution in [0.25, 0.3) is 0 Å². The number of carbonyl (C=O) groups is 1. The maximum absolute atomic E-state index is 11.8. The lowest BCUT2D eigenvalue weighted by Crippen LogP contribution is -2.59. The molecule has 0 atom stereocenters. The van der Waals surface area contributed by atoms with E-state index in [0.717, 1.165) is 24.3 Å². The number of hydrogen-bond acceptors (Lipinski definition) is 3. The summed E-state index contributed by atoms with van der Waals surface area (Å²) in [6, 6.07) is 5.43. The molecular formula is C13H17ClN2O2. The van der Waals surface area contributed by atoms with Crippen LogP contribution in [0.2, 0.25) is 5.02 Å². The fourth-order valence-electron chi connectivity index (χ4n) is 1.75. The van der Waals surface area contributed by atoms with E-state index in [-0.39, 0.29) is 18.1 Å². The van der Waals surface area contributed by atoms with Gasteiger partial charge < -0.3 is 15.4 Å². The van der Waals surface area contributed by atoms with Crippen LogP contribution in [0.5, 0.6) is 0 Å². The highest BCUT2D eigenvalue weighted by Gasteiger charge is 2.33. The van der Waals surface area contributed by atoms with Crippen LogP contribution in [0.1, 0.15) is 12.5 Å². The minimum Gasteiger partial charge on any atom is -0.363 e. The summed E-state index contributed by atoms with van der Waals surface area (Å²) in [5.74, 6) is -0.159. The number of amides is 1. The van der Waals surface area contributed by atoms with Crippen molar-refractivity contribution in [1.82, 2.24) is 5.32 Å². The third kappa shape index (κ3) is 3.02. The Kier molecular flexibility index (Phi) is 3.90. The van der Waals surface area contributed by atoms with Gasteiger partial charge in [0.15, 0.2) is 0 Å². The molecule has 1 aliphatic rings. The number of carbonyl (C=O) groups excluding carboxylic acids is 1. The smallest absolute Gasteiger partial charge is 0.250 e. The highest BCUT2D eigenvalue weighted by molar-refractivity contribution is 6.31. The lowest BCUT2D eigenvalue weighted by molar-refractivity contribution is -0.130. The molecule has 1 aromatic carbocycles. The monoisotopic (exact) mass is 268 g/mol. The molecule has 2 N–H and O–H groups in total. The van der Waals surface area contributed by atoms with Gasteiger partial charge in [0.1, 0.15) is 6.61 Å². The zero-order valence-corrected chi connectivity index (χ0v) is 11.3. The quantitative estimate of drug-likeness (QED) is 0.878. The first-order valence-electron chi connectivity index (χ1n) is 5.90. The highest BCUT2D eigenvalue weighted by Crippen LogP contribution is 2.23. The zero-order chi connectivity index (χ0) is 13.2. The summed E-state index contributed by atoms with van der Waals surface area (Å²) >= 11 is 5.99. The van der Waals surface area contributed by atoms with Gasteiger partial charge in [-0.25, -0.2) is 0 Å². The summed E-state index contributed by atoms with van der Waals surface area (Å²) in [6.45, 7) is 5.49. The predicted molar refractivity (Wildman–Crippen MR) is 72.0 cm³/mol. The van der Waals surface area contributed by atoms with E-state index in [0.29, 0.717) is 5.02 Å². The molecule has 18 heavy (non-hydrogen) atoms. The third-order valence-corrected chi connectivity index (χ3v) is 3.50. The number of anilines is 1. The number of halogens is 1. The Bertz CT molecular complexity index is 458. The summed E-state index contributed by atoms with van der Waals surface area (Å²) < 4.78 is 5.56. The lowest BCUT2D eigenvalue weighted by atomic mass is 10.0. The van der Waals surface area contributed by atoms with Crippen molar-refractivity contribution in [1.29, 1.82) is 0 Å². The Morgan fingerprint density at radius 1 is 1.56 bits per heavy atom. The average molecular weight is 269 g/mol. The molecular weight excluding hydrogens is 252 g/mol. The van der Waals surface area contributed by atoms with Gasteiger partial charge in [-0.2, -0.15) is 0 Å². The molecule has 0 radical (unpaired) electrons. The summed E-state index contributed by atoms with van der Waals surface area (Å²) in [6.07, 6.45) is 0. The molecule has 2 rings (SSSR count). The molecule has 0 unspecified atom stereocenters. The van der Waals surface area contributed by atoms with Gasteiger partial charge in [-0.15, -0.1) is 0 Å². The van der Waals surface area contributed by atoms with E-state index in [1.807, 2.05) is 26.0 Å². The number of rotatable bonds is 4. The van der Waals surface area contributed by atoms with Crippen molar-refractivity contribution in [2.45, 2.75) is 19.4 Å². The molecule has 5 heteroatoms. The molecule has 1 heterocycles. The molecule has 0 saturated carbocycles. The molecule has 1 fully saturated rings. The molecule has 0 aliphatic carbocycles.